The standard InChI is InChI=1S/C29H32Cl2N4O3S3/c30-21-16-23(28(37)26-19(21)4-1-6-32-26)34-8-13-39-11-3-12-40-15-10-35(25(36)18-41-14-9-34)24-17-22(31)20-5-2-7-33-27(20)29(24)38/h1-2,4-7,16-17,25,36-38H,3,8-15,18H2. The summed E-state index contributed by atoms with van der Waals surface area (Å²) in [5.74, 6) is 5.09. The average Bonchev–Trinajstić information content (AvgIpc) is 2.98. The Morgan fingerprint density at radius 2 is 1.27 bits per heavy atom. The van der Waals surface area contributed by atoms with Crippen LogP contribution in [0.15, 0.2) is 48.8 Å². The quantitative estimate of drug-likeness (QED) is 0.217. The number of aliphatic hydroxyl groups is 1. The van der Waals surface area contributed by atoms with E-state index >= 15 is 0 Å². The highest BCUT2D eigenvalue weighted by Gasteiger charge is 2.23. The van der Waals surface area contributed by atoms with Gasteiger partial charge in [-0.1, -0.05) is 23.2 Å². The normalized spacial score (nSPS) is 18.7. The van der Waals surface area contributed by atoms with E-state index in [4.69, 9.17) is 23.2 Å². The van der Waals surface area contributed by atoms with Crippen molar-refractivity contribution in [1.82, 2.24) is 9.97 Å². The highest BCUT2D eigenvalue weighted by atomic mass is 35.5. The molecule has 1 aliphatic rings. The third-order valence-electron chi connectivity index (χ3n) is 6.93. The molecule has 7 nitrogen and oxygen atoms in total. The Balaban J connectivity index is 1.36. The Morgan fingerprint density at radius 3 is 1.90 bits per heavy atom. The number of thioether (sulfide) groups is 3. The predicted molar refractivity (Wildman–Crippen MR) is 179 cm³/mol. The molecule has 2 aromatic carbocycles. The van der Waals surface area contributed by atoms with Gasteiger partial charge >= 0.3 is 0 Å². The number of aliphatic hydroxyl groups excluding tert-OH is 1. The smallest absolute Gasteiger partial charge is 0.165 e. The van der Waals surface area contributed by atoms with Gasteiger partial charge in [-0.3, -0.25) is 9.97 Å². The molecule has 3 N–H and O–H groups in total. The maximum Gasteiger partial charge on any atom is 0.165 e. The summed E-state index contributed by atoms with van der Waals surface area (Å²) < 4.78 is 0. The number of rotatable bonds is 2. The van der Waals surface area contributed by atoms with Gasteiger partial charge in [0.25, 0.3) is 0 Å². The van der Waals surface area contributed by atoms with Gasteiger partial charge in [-0.25, -0.2) is 0 Å². The fraction of sp³-hybridized carbons (Fsp3) is 0.379. The summed E-state index contributed by atoms with van der Waals surface area (Å²) in [5, 5.41) is 36.0. The zero-order valence-electron chi connectivity index (χ0n) is 22.4. The van der Waals surface area contributed by atoms with Crippen LogP contribution >= 0.6 is 58.5 Å². The summed E-state index contributed by atoms with van der Waals surface area (Å²) in [6, 6.07) is 10.8. The van der Waals surface area contributed by atoms with E-state index in [-0.39, 0.29) is 11.5 Å². The second-order valence-corrected chi connectivity index (χ2v) is 14.0. The molecule has 1 atom stereocenters. The highest BCUT2D eigenvalue weighted by Crippen LogP contribution is 2.40. The molecule has 0 radical (unpaired) electrons. The molecule has 218 valence electrons. The van der Waals surface area contributed by atoms with Crippen molar-refractivity contribution >= 4 is 91.7 Å². The molecular weight excluding hydrogens is 619 g/mol. The first-order valence-electron chi connectivity index (χ1n) is 13.4. The molecule has 41 heavy (non-hydrogen) atoms. The highest BCUT2D eigenvalue weighted by molar-refractivity contribution is 8.00. The molecule has 3 heterocycles. The largest absolute Gasteiger partial charge is 0.504 e. The zero-order valence-corrected chi connectivity index (χ0v) is 26.3. The molecule has 0 bridgehead atoms. The first-order valence-corrected chi connectivity index (χ1v) is 17.6. The summed E-state index contributed by atoms with van der Waals surface area (Å²) in [6.07, 6.45) is 3.51. The Bertz CT molecular complexity index is 1500. The SMILES string of the molecule is Oc1c(N2CCSCCCSCCN(c3cc(Cl)c4cccnc4c3O)C(O)CSCC2)cc(Cl)c2cccnc12. The fourth-order valence-electron chi connectivity index (χ4n) is 4.85. The molecule has 1 saturated heterocycles. The van der Waals surface area contributed by atoms with Crippen LogP contribution in [-0.2, 0) is 0 Å². The van der Waals surface area contributed by atoms with Crippen LogP contribution in [-0.4, -0.2) is 85.7 Å². The van der Waals surface area contributed by atoms with E-state index in [2.05, 4.69) is 14.9 Å². The van der Waals surface area contributed by atoms with E-state index in [1.54, 1.807) is 36.3 Å². The minimum atomic E-state index is -0.839. The van der Waals surface area contributed by atoms with Gasteiger partial charge in [0.15, 0.2) is 11.5 Å². The van der Waals surface area contributed by atoms with E-state index in [1.807, 2.05) is 52.7 Å². The molecule has 4 aromatic rings. The number of phenols is 2. The second kappa shape index (κ2) is 14.5. The van der Waals surface area contributed by atoms with Crippen LogP contribution in [0.2, 0.25) is 10.0 Å². The van der Waals surface area contributed by atoms with Gasteiger partial charge in [0.05, 0.1) is 21.4 Å². The summed E-state index contributed by atoms with van der Waals surface area (Å²) in [5.41, 5.74) is 2.07. The van der Waals surface area contributed by atoms with Crippen LogP contribution in [0.5, 0.6) is 11.5 Å². The van der Waals surface area contributed by atoms with E-state index in [0.29, 0.717) is 62.4 Å². The molecule has 1 aliphatic heterocycles. The lowest BCUT2D eigenvalue weighted by Gasteiger charge is -2.31. The average molecular weight is 652 g/mol. The number of phenolic OH excluding ortho intramolecular Hbond substituents is 2. The molecule has 1 fully saturated rings. The predicted octanol–water partition coefficient (Wildman–Crippen LogP) is 6.74. The van der Waals surface area contributed by atoms with Gasteiger partial charge < -0.3 is 25.1 Å². The van der Waals surface area contributed by atoms with Crippen molar-refractivity contribution in [3.63, 3.8) is 0 Å². The lowest BCUT2D eigenvalue weighted by Crippen LogP contribution is -2.39. The fourth-order valence-corrected chi connectivity index (χ4v) is 8.23. The minimum Gasteiger partial charge on any atom is -0.504 e. The maximum absolute atomic E-state index is 11.3. The molecule has 12 heteroatoms. The number of nitrogens with zero attached hydrogens (tertiary/aromatic N) is 4. The summed E-state index contributed by atoms with van der Waals surface area (Å²) in [4.78, 5) is 12.7. The minimum absolute atomic E-state index is 0.0216. The number of anilines is 2. The first kappa shape index (κ1) is 30.5. The van der Waals surface area contributed by atoms with Crippen molar-refractivity contribution in [1.29, 1.82) is 0 Å². The number of halogens is 2. The van der Waals surface area contributed by atoms with Crippen molar-refractivity contribution in [2.45, 2.75) is 12.6 Å². The van der Waals surface area contributed by atoms with Crippen molar-refractivity contribution in [3.8, 4) is 11.5 Å². The molecule has 0 saturated carbocycles. The third kappa shape index (κ3) is 7.17. The molecule has 2 aromatic heterocycles. The molecular formula is C29H32Cl2N4O3S3. The van der Waals surface area contributed by atoms with Crippen LogP contribution in [0.25, 0.3) is 21.8 Å². The number of pyridine rings is 2. The lowest BCUT2D eigenvalue weighted by atomic mass is 10.1. The van der Waals surface area contributed by atoms with E-state index in [0.717, 1.165) is 41.4 Å². The number of aromatic hydroxyl groups is 2. The van der Waals surface area contributed by atoms with Gasteiger partial charge in [-0.15, -0.1) is 0 Å². The Morgan fingerprint density at radius 1 is 0.732 bits per heavy atom. The Labute approximate surface area is 262 Å². The van der Waals surface area contributed by atoms with Crippen molar-refractivity contribution in [2.75, 3.05) is 64.0 Å². The number of fused-ring (bicyclic) bond motifs is 2. The van der Waals surface area contributed by atoms with Crippen molar-refractivity contribution in [2.24, 2.45) is 0 Å². The van der Waals surface area contributed by atoms with Crippen LogP contribution in [0.1, 0.15) is 6.42 Å². The summed E-state index contributed by atoms with van der Waals surface area (Å²) >= 11 is 18.5. The molecule has 0 amide bonds. The third-order valence-corrected chi connectivity index (χ3v) is 10.7. The van der Waals surface area contributed by atoms with Gasteiger partial charge in [-0.2, -0.15) is 35.3 Å². The second-order valence-electron chi connectivity index (χ2n) is 9.57. The maximum atomic E-state index is 11.3. The lowest BCUT2D eigenvalue weighted by molar-refractivity contribution is 0.194. The van der Waals surface area contributed by atoms with Gasteiger partial charge in [0.2, 0.25) is 0 Å². The van der Waals surface area contributed by atoms with Gasteiger partial charge in [0, 0.05) is 65.8 Å². The number of aromatic nitrogens is 2. The van der Waals surface area contributed by atoms with Gasteiger partial charge in [0.1, 0.15) is 17.3 Å². The first-order chi connectivity index (χ1) is 20.0. The number of benzene rings is 2. The Hall–Kier alpha value is -1.95. The molecule has 1 unspecified atom stereocenters. The number of hydrogen-bond acceptors (Lipinski definition) is 10. The summed E-state index contributed by atoms with van der Waals surface area (Å²) in [6.45, 7) is 1.98. The van der Waals surface area contributed by atoms with E-state index in [1.165, 1.54) is 0 Å². The Kier molecular flexibility index (Phi) is 10.8. The number of hydrogen-bond donors (Lipinski definition) is 3. The van der Waals surface area contributed by atoms with Crippen LogP contribution in [0, 0.1) is 0 Å². The monoisotopic (exact) mass is 650 g/mol. The summed E-state index contributed by atoms with van der Waals surface area (Å²) in [7, 11) is 0. The van der Waals surface area contributed by atoms with Crippen molar-refractivity contribution < 1.29 is 15.3 Å². The van der Waals surface area contributed by atoms with Crippen molar-refractivity contribution in [3.05, 3.63) is 58.8 Å². The molecule has 5 rings (SSSR count). The van der Waals surface area contributed by atoms with E-state index < -0.39 is 6.23 Å². The van der Waals surface area contributed by atoms with Gasteiger partial charge in [-0.05, 0) is 54.3 Å². The molecule has 0 spiro atoms. The van der Waals surface area contributed by atoms with Crippen LogP contribution in [0.4, 0.5) is 11.4 Å². The van der Waals surface area contributed by atoms with E-state index in [9.17, 15) is 15.3 Å². The zero-order chi connectivity index (χ0) is 28.8. The van der Waals surface area contributed by atoms with Crippen LogP contribution in [0.3, 0.4) is 0 Å². The van der Waals surface area contributed by atoms with Crippen LogP contribution < -0.4 is 9.80 Å². The topological polar surface area (TPSA) is 93.0 Å². The molecule has 0 aliphatic carbocycles.